The third-order valence-corrected chi connectivity index (χ3v) is 4.75. The second-order valence-corrected chi connectivity index (χ2v) is 7.25. The Kier molecular flexibility index (Phi) is 10.7. The molecular formula is C17H19ClF3IN4O2S. The fourth-order valence-corrected chi connectivity index (χ4v) is 3.15. The van der Waals surface area contributed by atoms with Crippen LogP contribution in [0.5, 0.6) is 0 Å². The Labute approximate surface area is 191 Å². The van der Waals surface area contributed by atoms with Crippen LogP contribution in [0, 0.1) is 17.5 Å². The standard InChI is InChI=1S/C17H18ClF3N4O2S.HI/c1-2-22-17(23-7-11(26)12-5-6-13(18)28-12)24-8-14(27)25-10-4-3-9(19)15(20)16(10)21;/h3-6,11,26H,2,7-8H2,1H3,(H,25,27)(H2,22,23,24);1H. The zero-order chi connectivity index (χ0) is 20.7. The van der Waals surface area contributed by atoms with Gasteiger partial charge in [-0.25, -0.2) is 18.2 Å². The molecule has 1 aromatic carbocycles. The Balaban J connectivity index is 0.00000420. The predicted molar refractivity (Wildman–Crippen MR) is 119 cm³/mol. The highest BCUT2D eigenvalue weighted by molar-refractivity contribution is 14.0. The Morgan fingerprint density at radius 2 is 1.93 bits per heavy atom. The highest BCUT2D eigenvalue weighted by atomic mass is 127. The number of nitrogens with zero attached hydrogens (tertiary/aromatic N) is 1. The molecule has 0 radical (unpaired) electrons. The van der Waals surface area contributed by atoms with Gasteiger partial charge < -0.3 is 21.1 Å². The van der Waals surface area contributed by atoms with Crippen LogP contribution in [0.25, 0.3) is 0 Å². The SMILES string of the molecule is CCNC(=NCC(=O)Nc1ccc(F)c(F)c1F)NCC(O)c1ccc(Cl)s1.I. The van der Waals surface area contributed by atoms with E-state index in [9.17, 15) is 23.1 Å². The maximum atomic E-state index is 13.6. The van der Waals surface area contributed by atoms with Crippen LogP contribution < -0.4 is 16.0 Å². The summed E-state index contributed by atoms with van der Waals surface area (Å²) >= 11 is 7.08. The zero-order valence-corrected chi connectivity index (χ0v) is 19.0. The maximum absolute atomic E-state index is 13.6. The number of nitrogens with one attached hydrogen (secondary N) is 3. The van der Waals surface area contributed by atoms with E-state index in [1.807, 2.05) is 6.92 Å². The van der Waals surface area contributed by atoms with Crippen LogP contribution in [0.1, 0.15) is 17.9 Å². The molecule has 1 heterocycles. The van der Waals surface area contributed by atoms with E-state index in [1.165, 1.54) is 11.3 Å². The van der Waals surface area contributed by atoms with E-state index in [2.05, 4.69) is 20.9 Å². The van der Waals surface area contributed by atoms with Crippen molar-refractivity contribution < 1.29 is 23.1 Å². The van der Waals surface area contributed by atoms with Crippen molar-refractivity contribution in [2.75, 3.05) is 25.0 Å². The molecule has 0 fully saturated rings. The number of benzene rings is 1. The molecule has 0 spiro atoms. The average Bonchev–Trinajstić information content (AvgIpc) is 3.10. The van der Waals surface area contributed by atoms with E-state index in [-0.39, 0.29) is 36.5 Å². The lowest BCUT2D eigenvalue weighted by atomic mass is 10.2. The minimum absolute atomic E-state index is 0. The molecule has 0 saturated heterocycles. The number of anilines is 1. The van der Waals surface area contributed by atoms with Gasteiger partial charge in [-0.05, 0) is 31.2 Å². The number of rotatable bonds is 7. The second-order valence-electron chi connectivity index (χ2n) is 5.50. The number of hydrogen-bond acceptors (Lipinski definition) is 4. The smallest absolute Gasteiger partial charge is 0.246 e. The molecule has 0 aliphatic heterocycles. The summed E-state index contributed by atoms with van der Waals surface area (Å²) < 4.78 is 40.3. The van der Waals surface area contributed by atoms with Crippen molar-refractivity contribution in [2.45, 2.75) is 13.0 Å². The molecule has 1 aromatic heterocycles. The molecule has 1 unspecified atom stereocenters. The van der Waals surface area contributed by atoms with Gasteiger partial charge in [0.1, 0.15) is 12.6 Å². The number of amides is 1. The van der Waals surface area contributed by atoms with E-state index < -0.39 is 41.7 Å². The Morgan fingerprint density at radius 3 is 2.55 bits per heavy atom. The number of guanidine groups is 1. The highest BCUT2D eigenvalue weighted by Gasteiger charge is 2.15. The van der Waals surface area contributed by atoms with Crippen molar-refractivity contribution in [3.05, 3.63) is 50.9 Å². The molecule has 4 N–H and O–H groups in total. The molecule has 12 heteroatoms. The molecule has 0 bridgehead atoms. The lowest BCUT2D eigenvalue weighted by molar-refractivity contribution is -0.114. The summed E-state index contributed by atoms with van der Waals surface area (Å²) in [6.45, 7) is 2.01. The maximum Gasteiger partial charge on any atom is 0.246 e. The van der Waals surface area contributed by atoms with Gasteiger partial charge in [0.15, 0.2) is 23.4 Å². The summed E-state index contributed by atoms with van der Waals surface area (Å²) in [4.78, 5) is 16.6. The van der Waals surface area contributed by atoms with Crippen molar-refractivity contribution in [1.82, 2.24) is 10.6 Å². The first-order valence-corrected chi connectivity index (χ1v) is 9.40. The summed E-state index contributed by atoms with van der Waals surface area (Å²) in [7, 11) is 0. The van der Waals surface area contributed by atoms with Crippen LogP contribution in [0.4, 0.5) is 18.9 Å². The van der Waals surface area contributed by atoms with Gasteiger partial charge in [0.25, 0.3) is 0 Å². The van der Waals surface area contributed by atoms with Crippen LogP contribution in [0.3, 0.4) is 0 Å². The number of carbonyl (C=O) groups excluding carboxylic acids is 1. The Bertz CT molecular complexity index is 869. The van der Waals surface area contributed by atoms with Gasteiger partial charge in [0.05, 0.1) is 10.0 Å². The Morgan fingerprint density at radius 1 is 1.21 bits per heavy atom. The molecule has 1 atom stereocenters. The van der Waals surface area contributed by atoms with E-state index in [0.717, 1.165) is 6.07 Å². The fourth-order valence-electron chi connectivity index (χ4n) is 2.11. The van der Waals surface area contributed by atoms with Gasteiger partial charge in [0, 0.05) is 18.0 Å². The van der Waals surface area contributed by atoms with Crippen LogP contribution in [0.15, 0.2) is 29.3 Å². The molecule has 2 aromatic rings. The Hall–Kier alpha value is -1.57. The van der Waals surface area contributed by atoms with Crippen molar-refractivity contribution in [2.24, 2.45) is 4.99 Å². The average molecular weight is 563 g/mol. The molecule has 29 heavy (non-hydrogen) atoms. The molecule has 2 rings (SSSR count). The van der Waals surface area contributed by atoms with Gasteiger partial charge in [-0.1, -0.05) is 11.6 Å². The largest absolute Gasteiger partial charge is 0.386 e. The van der Waals surface area contributed by atoms with E-state index in [0.29, 0.717) is 21.8 Å². The highest BCUT2D eigenvalue weighted by Crippen LogP contribution is 2.26. The molecule has 160 valence electrons. The molecule has 0 aliphatic rings. The summed E-state index contributed by atoms with van der Waals surface area (Å²) in [6, 6.07) is 5.00. The lowest BCUT2D eigenvalue weighted by Crippen LogP contribution is -2.40. The van der Waals surface area contributed by atoms with Gasteiger partial charge in [0.2, 0.25) is 5.91 Å². The van der Waals surface area contributed by atoms with Gasteiger partial charge in [-0.2, -0.15) is 0 Å². The second kappa shape index (κ2) is 12.2. The number of aliphatic hydroxyl groups is 1. The molecule has 6 nitrogen and oxygen atoms in total. The third-order valence-electron chi connectivity index (χ3n) is 3.42. The minimum atomic E-state index is -1.67. The first-order valence-electron chi connectivity index (χ1n) is 8.20. The van der Waals surface area contributed by atoms with E-state index in [4.69, 9.17) is 11.6 Å². The van der Waals surface area contributed by atoms with Crippen molar-refractivity contribution in [3.8, 4) is 0 Å². The number of hydrogen-bond donors (Lipinski definition) is 4. The van der Waals surface area contributed by atoms with Crippen LogP contribution in [0.2, 0.25) is 4.34 Å². The van der Waals surface area contributed by atoms with Crippen molar-refractivity contribution in [3.63, 3.8) is 0 Å². The summed E-state index contributed by atoms with van der Waals surface area (Å²) in [6.07, 6.45) is -0.827. The number of carbonyl (C=O) groups is 1. The first kappa shape index (κ1) is 25.5. The number of aliphatic hydroxyl groups excluding tert-OH is 1. The normalized spacial score (nSPS) is 12.1. The quantitative estimate of drug-likeness (QED) is 0.180. The van der Waals surface area contributed by atoms with E-state index >= 15 is 0 Å². The predicted octanol–water partition coefficient (Wildman–Crippen LogP) is 3.66. The zero-order valence-electron chi connectivity index (χ0n) is 15.1. The van der Waals surface area contributed by atoms with Crippen LogP contribution in [-0.2, 0) is 4.79 Å². The molecule has 0 saturated carbocycles. The third kappa shape index (κ3) is 7.64. The summed E-state index contributed by atoms with van der Waals surface area (Å²) in [5, 5.41) is 18.0. The number of aliphatic imine (C=N–C) groups is 1. The minimum Gasteiger partial charge on any atom is -0.386 e. The van der Waals surface area contributed by atoms with Gasteiger partial charge >= 0.3 is 0 Å². The van der Waals surface area contributed by atoms with Crippen molar-refractivity contribution >= 4 is 64.5 Å². The van der Waals surface area contributed by atoms with Crippen molar-refractivity contribution in [1.29, 1.82) is 0 Å². The summed E-state index contributed by atoms with van der Waals surface area (Å²) in [5.74, 6) is -4.99. The number of thiophene rings is 1. The monoisotopic (exact) mass is 562 g/mol. The van der Waals surface area contributed by atoms with Crippen LogP contribution >= 0.6 is 46.9 Å². The molecular weight excluding hydrogens is 544 g/mol. The van der Waals surface area contributed by atoms with Gasteiger partial charge in [-0.3, -0.25) is 4.79 Å². The summed E-state index contributed by atoms with van der Waals surface area (Å²) in [5.41, 5.74) is -0.484. The lowest BCUT2D eigenvalue weighted by Gasteiger charge is -2.14. The first-order chi connectivity index (χ1) is 13.3. The number of halogens is 5. The van der Waals surface area contributed by atoms with Gasteiger partial charge in [-0.15, -0.1) is 35.3 Å². The van der Waals surface area contributed by atoms with E-state index in [1.54, 1.807) is 12.1 Å². The van der Waals surface area contributed by atoms with Crippen LogP contribution in [-0.4, -0.2) is 36.6 Å². The topological polar surface area (TPSA) is 85.8 Å². The fraction of sp³-hybridized carbons (Fsp3) is 0.294. The molecule has 0 aliphatic carbocycles. The molecule has 1 amide bonds.